The first-order valence-corrected chi connectivity index (χ1v) is 6.37. The molecule has 3 heteroatoms. The van der Waals surface area contributed by atoms with Crippen LogP contribution in [0.5, 0.6) is 0 Å². The van der Waals surface area contributed by atoms with Crippen molar-refractivity contribution in [3.63, 3.8) is 0 Å². The van der Waals surface area contributed by atoms with Crippen molar-refractivity contribution < 1.29 is 4.79 Å². The van der Waals surface area contributed by atoms with E-state index >= 15 is 0 Å². The van der Waals surface area contributed by atoms with Gasteiger partial charge in [0.25, 0.3) is 0 Å². The molecule has 0 aliphatic carbocycles. The van der Waals surface area contributed by atoms with Crippen molar-refractivity contribution in [3.8, 4) is 0 Å². The highest BCUT2D eigenvalue weighted by atomic mass is 16.1. The Hall–Kier alpha value is -1.97. The Bertz CT molecular complexity index is 511. The van der Waals surface area contributed by atoms with E-state index in [1.165, 1.54) is 5.56 Å². The molecule has 0 saturated heterocycles. The lowest BCUT2D eigenvalue weighted by atomic mass is 10.1. The largest absolute Gasteiger partial charge is 0.320 e. The summed E-state index contributed by atoms with van der Waals surface area (Å²) in [7, 11) is 0. The van der Waals surface area contributed by atoms with Gasteiger partial charge in [0.15, 0.2) is 5.78 Å². The van der Waals surface area contributed by atoms with Crippen molar-refractivity contribution in [3.05, 3.63) is 71.8 Å². The average Bonchev–Trinajstić information content (AvgIpc) is 2.48. The van der Waals surface area contributed by atoms with Gasteiger partial charge < -0.3 is 11.1 Å². The van der Waals surface area contributed by atoms with Crippen LogP contribution in [0.4, 0.5) is 0 Å². The summed E-state index contributed by atoms with van der Waals surface area (Å²) in [6, 6.07) is 18.7. The third kappa shape index (κ3) is 4.02. The molecule has 2 aromatic carbocycles. The van der Waals surface area contributed by atoms with E-state index in [1.807, 2.05) is 48.5 Å². The lowest BCUT2D eigenvalue weighted by molar-refractivity contribution is 0.0960. The molecular formula is C16H18N2O. The van der Waals surface area contributed by atoms with Gasteiger partial charge in [0.1, 0.15) is 0 Å². The Morgan fingerprint density at radius 1 is 1.00 bits per heavy atom. The van der Waals surface area contributed by atoms with Crippen molar-refractivity contribution in [1.82, 2.24) is 5.32 Å². The maximum atomic E-state index is 12.0. The lowest BCUT2D eigenvalue weighted by Gasteiger charge is -2.12. The van der Waals surface area contributed by atoms with Crippen molar-refractivity contribution in [2.75, 3.05) is 6.54 Å². The maximum absolute atomic E-state index is 12.0. The SMILES string of the molecule is NC(CNCc1ccccc1)C(=O)c1ccccc1. The Balaban J connectivity index is 1.82. The Labute approximate surface area is 113 Å². The highest BCUT2D eigenvalue weighted by Gasteiger charge is 2.14. The van der Waals surface area contributed by atoms with Crippen LogP contribution in [0.1, 0.15) is 15.9 Å². The van der Waals surface area contributed by atoms with E-state index in [4.69, 9.17) is 5.73 Å². The van der Waals surface area contributed by atoms with Crippen LogP contribution in [0.15, 0.2) is 60.7 Å². The van der Waals surface area contributed by atoms with Crippen molar-refractivity contribution in [1.29, 1.82) is 0 Å². The van der Waals surface area contributed by atoms with Gasteiger partial charge in [0.05, 0.1) is 6.04 Å². The van der Waals surface area contributed by atoms with Crippen LogP contribution in [-0.4, -0.2) is 18.4 Å². The van der Waals surface area contributed by atoms with Crippen LogP contribution in [0.3, 0.4) is 0 Å². The van der Waals surface area contributed by atoms with E-state index in [0.29, 0.717) is 12.1 Å². The van der Waals surface area contributed by atoms with Gasteiger partial charge in [0, 0.05) is 18.7 Å². The zero-order valence-corrected chi connectivity index (χ0v) is 10.8. The van der Waals surface area contributed by atoms with Crippen LogP contribution in [0.25, 0.3) is 0 Å². The fourth-order valence-corrected chi connectivity index (χ4v) is 1.88. The second-order valence-corrected chi connectivity index (χ2v) is 4.45. The molecule has 0 aliphatic heterocycles. The van der Waals surface area contributed by atoms with Crippen LogP contribution in [0.2, 0.25) is 0 Å². The quantitative estimate of drug-likeness (QED) is 0.775. The van der Waals surface area contributed by atoms with Gasteiger partial charge in [0.2, 0.25) is 0 Å². The van der Waals surface area contributed by atoms with Crippen LogP contribution in [0, 0.1) is 0 Å². The van der Waals surface area contributed by atoms with E-state index in [1.54, 1.807) is 12.1 Å². The Kier molecular flexibility index (Phi) is 4.84. The molecule has 2 rings (SSSR count). The van der Waals surface area contributed by atoms with E-state index in [-0.39, 0.29) is 5.78 Å². The van der Waals surface area contributed by atoms with Gasteiger partial charge >= 0.3 is 0 Å². The average molecular weight is 254 g/mol. The van der Waals surface area contributed by atoms with Crippen LogP contribution in [-0.2, 0) is 6.54 Å². The van der Waals surface area contributed by atoms with Crippen molar-refractivity contribution >= 4 is 5.78 Å². The predicted octanol–water partition coefficient (Wildman–Crippen LogP) is 1.99. The standard InChI is InChI=1S/C16H18N2O/c17-15(16(19)14-9-5-2-6-10-14)12-18-11-13-7-3-1-4-8-13/h1-10,15,18H,11-12,17H2. The van der Waals surface area contributed by atoms with E-state index < -0.39 is 6.04 Å². The highest BCUT2D eigenvalue weighted by Crippen LogP contribution is 2.02. The molecule has 1 atom stereocenters. The van der Waals surface area contributed by atoms with Crippen molar-refractivity contribution in [2.45, 2.75) is 12.6 Å². The monoisotopic (exact) mass is 254 g/mol. The number of hydrogen-bond acceptors (Lipinski definition) is 3. The number of rotatable bonds is 6. The van der Waals surface area contributed by atoms with Gasteiger partial charge in [-0.05, 0) is 5.56 Å². The number of carbonyl (C=O) groups is 1. The van der Waals surface area contributed by atoms with Crippen molar-refractivity contribution in [2.24, 2.45) is 5.73 Å². The molecule has 0 spiro atoms. The number of ketones is 1. The van der Waals surface area contributed by atoms with Crippen LogP contribution < -0.4 is 11.1 Å². The third-order valence-electron chi connectivity index (χ3n) is 2.93. The maximum Gasteiger partial charge on any atom is 0.180 e. The zero-order valence-electron chi connectivity index (χ0n) is 10.8. The molecule has 0 saturated carbocycles. The van der Waals surface area contributed by atoms with E-state index in [9.17, 15) is 4.79 Å². The molecule has 2 aromatic rings. The minimum Gasteiger partial charge on any atom is -0.320 e. The van der Waals surface area contributed by atoms with Gasteiger partial charge in [-0.15, -0.1) is 0 Å². The lowest BCUT2D eigenvalue weighted by Crippen LogP contribution is -2.40. The van der Waals surface area contributed by atoms with Crippen LogP contribution >= 0.6 is 0 Å². The number of nitrogens with one attached hydrogen (secondary N) is 1. The first-order valence-electron chi connectivity index (χ1n) is 6.37. The second-order valence-electron chi connectivity index (χ2n) is 4.45. The summed E-state index contributed by atoms with van der Waals surface area (Å²) >= 11 is 0. The molecule has 0 heterocycles. The summed E-state index contributed by atoms with van der Waals surface area (Å²) < 4.78 is 0. The summed E-state index contributed by atoms with van der Waals surface area (Å²) in [4.78, 5) is 12.0. The Morgan fingerprint density at radius 3 is 2.21 bits per heavy atom. The first-order chi connectivity index (χ1) is 9.27. The van der Waals surface area contributed by atoms with E-state index in [0.717, 1.165) is 6.54 Å². The zero-order chi connectivity index (χ0) is 13.5. The molecule has 0 aromatic heterocycles. The number of hydrogen-bond donors (Lipinski definition) is 2. The molecule has 0 radical (unpaired) electrons. The molecule has 98 valence electrons. The summed E-state index contributed by atoms with van der Waals surface area (Å²) in [5.74, 6) is -0.0267. The fourth-order valence-electron chi connectivity index (χ4n) is 1.88. The molecule has 0 bridgehead atoms. The molecule has 19 heavy (non-hydrogen) atoms. The molecule has 3 nitrogen and oxygen atoms in total. The number of benzene rings is 2. The topological polar surface area (TPSA) is 55.1 Å². The van der Waals surface area contributed by atoms with Gasteiger partial charge in [-0.3, -0.25) is 4.79 Å². The summed E-state index contributed by atoms with van der Waals surface area (Å²) in [6.45, 7) is 1.19. The van der Waals surface area contributed by atoms with Gasteiger partial charge in [-0.2, -0.15) is 0 Å². The smallest absolute Gasteiger partial charge is 0.180 e. The molecular weight excluding hydrogens is 236 g/mol. The minimum absolute atomic E-state index is 0.0267. The normalized spacial score (nSPS) is 12.1. The molecule has 0 amide bonds. The second kappa shape index (κ2) is 6.83. The first kappa shape index (κ1) is 13.5. The minimum atomic E-state index is -0.508. The van der Waals surface area contributed by atoms with Gasteiger partial charge in [-0.25, -0.2) is 0 Å². The third-order valence-corrected chi connectivity index (χ3v) is 2.93. The molecule has 3 N–H and O–H groups in total. The number of nitrogens with two attached hydrogens (primary N) is 1. The molecule has 0 fully saturated rings. The predicted molar refractivity (Wildman–Crippen MR) is 76.9 cm³/mol. The summed E-state index contributed by atoms with van der Waals surface area (Å²) in [6.07, 6.45) is 0. The summed E-state index contributed by atoms with van der Waals surface area (Å²) in [5, 5.41) is 3.21. The highest BCUT2D eigenvalue weighted by molar-refractivity contribution is 6.00. The molecule has 1 unspecified atom stereocenters. The summed E-state index contributed by atoms with van der Waals surface area (Å²) in [5.41, 5.74) is 7.75. The number of carbonyl (C=O) groups excluding carboxylic acids is 1. The van der Waals surface area contributed by atoms with Gasteiger partial charge in [-0.1, -0.05) is 60.7 Å². The van der Waals surface area contributed by atoms with E-state index in [2.05, 4.69) is 5.32 Å². The molecule has 0 aliphatic rings. The Morgan fingerprint density at radius 2 is 1.58 bits per heavy atom. The fraction of sp³-hybridized carbons (Fsp3) is 0.188. The number of Topliss-reactive ketones (excluding diaryl/α,β-unsaturated/α-hetero) is 1.